The summed E-state index contributed by atoms with van der Waals surface area (Å²) < 4.78 is 0. The Balaban J connectivity index is 1.46. The number of nitrogens with one attached hydrogen (secondary N) is 1. The zero-order chi connectivity index (χ0) is 22.3. The maximum atomic E-state index is 13.1. The Bertz CT molecular complexity index is 1170. The predicted octanol–water partition coefficient (Wildman–Crippen LogP) is 3.06. The first kappa shape index (κ1) is 21.4. The fourth-order valence-corrected chi connectivity index (χ4v) is 3.71. The minimum absolute atomic E-state index is 0.110. The van der Waals surface area contributed by atoms with E-state index in [4.69, 9.17) is 0 Å². The van der Waals surface area contributed by atoms with E-state index < -0.39 is 0 Å². The maximum Gasteiger partial charge on any atom is 0.251 e. The lowest BCUT2D eigenvalue weighted by molar-refractivity contribution is -0.124. The van der Waals surface area contributed by atoms with Crippen LogP contribution in [0.3, 0.4) is 0 Å². The topological polar surface area (TPSA) is 93.0 Å². The first-order valence-corrected chi connectivity index (χ1v) is 11.0. The van der Waals surface area contributed by atoms with E-state index in [2.05, 4.69) is 20.7 Å². The summed E-state index contributed by atoms with van der Waals surface area (Å²) in [6.07, 6.45) is 0. The van der Waals surface area contributed by atoms with Gasteiger partial charge in [0, 0.05) is 12.2 Å². The number of hydrogen-bond donors (Lipinski definition) is 1. The number of carbonyl (C=O) groups is 2. The second-order valence-corrected chi connectivity index (χ2v) is 8.15. The fourth-order valence-electron chi connectivity index (χ4n) is 3.07. The van der Waals surface area contributed by atoms with Crippen LogP contribution < -0.4 is 10.2 Å². The molecule has 0 saturated carbocycles. The summed E-state index contributed by atoms with van der Waals surface area (Å²) >= 11 is 1.50. The van der Waals surface area contributed by atoms with E-state index in [9.17, 15) is 9.59 Å². The van der Waals surface area contributed by atoms with Crippen molar-refractivity contribution < 1.29 is 9.59 Å². The molecule has 0 aliphatic rings. The highest BCUT2D eigenvalue weighted by Crippen LogP contribution is 2.20. The van der Waals surface area contributed by atoms with Crippen molar-refractivity contribution >= 4 is 28.8 Å². The van der Waals surface area contributed by atoms with Gasteiger partial charge in [0.05, 0.1) is 4.88 Å². The van der Waals surface area contributed by atoms with Gasteiger partial charge in [-0.2, -0.15) is 4.80 Å². The minimum Gasteiger partial charge on any atom is -0.350 e. The summed E-state index contributed by atoms with van der Waals surface area (Å²) in [5.41, 5.74) is 2.68. The molecule has 0 unspecified atom stereocenters. The van der Waals surface area contributed by atoms with Crippen molar-refractivity contribution in [2.24, 2.45) is 0 Å². The number of tetrazole rings is 1. The van der Waals surface area contributed by atoms with Crippen LogP contribution in [0.25, 0.3) is 10.7 Å². The zero-order valence-electron chi connectivity index (χ0n) is 17.5. The molecule has 0 bridgehead atoms. The number of aromatic nitrogens is 4. The van der Waals surface area contributed by atoms with Crippen LogP contribution in [-0.4, -0.2) is 38.6 Å². The number of rotatable bonds is 8. The average Bonchev–Trinajstić information content (AvgIpc) is 3.50. The number of thiophene rings is 1. The molecule has 0 aliphatic heterocycles. The quantitative estimate of drug-likeness (QED) is 0.449. The Hall–Kier alpha value is -3.85. The monoisotopic (exact) mass is 446 g/mol. The maximum absolute atomic E-state index is 13.1. The van der Waals surface area contributed by atoms with Gasteiger partial charge in [-0.25, -0.2) is 0 Å². The van der Waals surface area contributed by atoms with Gasteiger partial charge in [0.15, 0.2) is 0 Å². The number of carbonyl (C=O) groups excluding carboxylic acids is 2. The highest BCUT2D eigenvalue weighted by Gasteiger charge is 2.21. The van der Waals surface area contributed by atoms with Gasteiger partial charge in [-0.15, -0.1) is 21.5 Å². The third-order valence-electron chi connectivity index (χ3n) is 4.75. The Morgan fingerprint density at radius 1 is 1.03 bits per heavy atom. The molecule has 4 rings (SSSR count). The Morgan fingerprint density at radius 3 is 2.53 bits per heavy atom. The van der Waals surface area contributed by atoms with E-state index >= 15 is 0 Å². The Kier molecular flexibility index (Phi) is 6.66. The molecule has 2 aromatic carbocycles. The van der Waals surface area contributed by atoms with Gasteiger partial charge in [0.25, 0.3) is 5.91 Å². The van der Waals surface area contributed by atoms with Crippen LogP contribution in [0.15, 0.2) is 72.1 Å². The largest absolute Gasteiger partial charge is 0.350 e. The van der Waals surface area contributed by atoms with Gasteiger partial charge in [0.1, 0.15) is 13.1 Å². The summed E-state index contributed by atoms with van der Waals surface area (Å²) in [7, 11) is 0. The van der Waals surface area contributed by atoms with Crippen LogP contribution in [0.5, 0.6) is 0 Å². The van der Waals surface area contributed by atoms with Crippen LogP contribution in [-0.2, 0) is 22.7 Å². The number of hydrogen-bond acceptors (Lipinski definition) is 6. The van der Waals surface area contributed by atoms with Gasteiger partial charge in [-0.1, -0.05) is 54.1 Å². The number of nitrogens with zero attached hydrogens (tertiary/aromatic N) is 5. The van der Waals surface area contributed by atoms with Crippen LogP contribution in [0.2, 0.25) is 0 Å². The molecule has 8 nitrogen and oxygen atoms in total. The van der Waals surface area contributed by atoms with E-state index in [0.717, 1.165) is 16.0 Å². The Morgan fingerprint density at radius 2 is 1.81 bits per heavy atom. The van der Waals surface area contributed by atoms with Crippen molar-refractivity contribution in [1.82, 2.24) is 25.5 Å². The zero-order valence-corrected chi connectivity index (χ0v) is 18.3. The molecule has 2 aromatic heterocycles. The lowest BCUT2D eigenvalue weighted by atomic mass is 10.2. The van der Waals surface area contributed by atoms with Gasteiger partial charge in [0.2, 0.25) is 11.7 Å². The van der Waals surface area contributed by atoms with Gasteiger partial charge < -0.3 is 10.2 Å². The van der Waals surface area contributed by atoms with E-state index in [-0.39, 0.29) is 24.9 Å². The summed E-state index contributed by atoms with van der Waals surface area (Å²) in [5, 5.41) is 17.1. The lowest BCUT2D eigenvalue weighted by Gasteiger charge is -2.22. The molecular weight excluding hydrogens is 424 g/mol. The average molecular weight is 447 g/mol. The molecule has 0 spiro atoms. The number of benzene rings is 2. The molecule has 32 heavy (non-hydrogen) atoms. The smallest absolute Gasteiger partial charge is 0.251 e. The molecule has 0 atom stereocenters. The molecule has 0 fully saturated rings. The molecular formula is C23H22N6O2S. The third kappa shape index (κ3) is 5.44. The third-order valence-corrected chi connectivity index (χ3v) is 5.62. The van der Waals surface area contributed by atoms with Gasteiger partial charge in [-0.05, 0) is 41.3 Å². The molecule has 2 heterocycles. The van der Waals surface area contributed by atoms with Crippen LogP contribution >= 0.6 is 11.3 Å². The van der Waals surface area contributed by atoms with E-state index in [1.807, 2.05) is 79.0 Å². The van der Waals surface area contributed by atoms with E-state index in [0.29, 0.717) is 18.1 Å². The van der Waals surface area contributed by atoms with Crippen molar-refractivity contribution in [3.8, 4) is 10.7 Å². The van der Waals surface area contributed by atoms with E-state index in [1.165, 1.54) is 21.0 Å². The normalized spacial score (nSPS) is 10.7. The molecule has 9 heteroatoms. The molecule has 4 aromatic rings. The summed E-state index contributed by atoms with van der Waals surface area (Å²) in [5.74, 6) is -0.0947. The predicted molar refractivity (Wildman–Crippen MR) is 123 cm³/mol. The molecule has 0 radical (unpaired) electrons. The van der Waals surface area contributed by atoms with Crippen molar-refractivity contribution in [1.29, 1.82) is 0 Å². The second-order valence-electron chi connectivity index (χ2n) is 7.20. The van der Waals surface area contributed by atoms with E-state index in [1.54, 1.807) is 0 Å². The highest BCUT2D eigenvalue weighted by molar-refractivity contribution is 7.13. The molecule has 162 valence electrons. The fraction of sp³-hybridized carbons (Fsp3) is 0.174. The summed E-state index contributed by atoms with van der Waals surface area (Å²) in [4.78, 5) is 29.3. The van der Waals surface area contributed by atoms with Crippen LogP contribution in [0, 0.1) is 6.92 Å². The highest BCUT2D eigenvalue weighted by atomic mass is 32.1. The SMILES string of the molecule is Cc1ccc(N(CC(=O)NCc2ccccc2)C(=O)Cn2nnc(-c3cccs3)n2)cc1. The van der Waals surface area contributed by atoms with Crippen molar-refractivity contribution in [3.05, 3.63) is 83.2 Å². The first-order chi connectivity index (χ1) is 15.6. The van der Waals surface area contributed by atoms with Crippen molar-refractivity contribution in [2.45, 2.75) is 20.0 Å². The Labute approximate surface area is 189 Å². The van der Waals surface area contributed by atoms with Gasteiger partial charge >= 0.3 is 0 Å². The van der Waals surface area contributed by atoms with Crippen LogP contribution in [0.4, 0.5) is 5.69 Å². The number of aryl methyl sites for hydroxylation is 1. The van der Waals surface area contributed by atoms with Crippen molar-refractivity contribution in [3.63, 3.8) is 0 Å². The van der Waals surface area contributed by atoms with Gasteiger partial charge in [-0.3, -0.25) is 9.59 Å². The first-order valence-electron chi connectivity index (χ1n) is 10.1. The summed E-state index contributed by atoms with van der Waals surface area (Å²) in [6, 6.07) is 20.9. The van der Waals surface area contributed by atoms with Crippen LogP contribution in [0.1, 0.15) is 11.1 Å². The molecule has 1 N–H and O–H groups in total. The lowest BCUT2D eigenvalue weighted by Crippen LogP contribution is -2.42. The van der Waals surface area contributed by atoms with Crippen molar-refractivity contribution in [2.75, 3.05) is 11.4 Å². The second kappa shape index (κ2) is 9.97. The standard InChI is InChI=1S/C23H22N6O2S/c1-17-9-11-19(12-10-17)28(15-21(30)24-14-18-6-3-2-4-7-18)22(31)16-29-26-23(25-27-29)20-8-5-13-32-20/h2-13H,14-16H2,1H3,(H,24,30). The summed E-state index contributed by atoms with van der Waals surface area (Å²) in [6.45, 7) is 2.12. The molecule has 2 amide bonds. The molecule has 0 aliphatic carbocycles. The number of amides is 2. The minimum atomic E-state index is -0.307. The number of anilines is 1. The molecule has 0 saturated heterocycles.